The average molecular weight is 334 g/mol. The third-order valence-electron chi connectivity index (χ3n) is 2.62. The third-order valence-corrected chi connectivity index (χ3v) is 3.50. The van der Waals surface area contributed by atoms with Crippen LogP contribution >= 0.6 is 28.6 Å². The molecular formula is C12H16BrNO3S. The van der Waals surface area contributed by atoms with Gasteiger partial charge >= 0.3 is 5.69 Å². The standard InChI is InChI=1S/C12H16BrNO3S/c1-9(6-8-18)5-7-17-12-10(13)3-2-4-11(12)14(15)16/h2-4,9,18H,5-8H2,1H3. The molecule has 6 heteroatoms. The lowest BCUT2D eigenvalue weighted by molar-refractivity contribution is -0.386. The minimum absolute atomic E-state index is 0.00813. The van der Waals surface area contributed by atoms with Crippen molar-refractivity contribution in [2.75, 3.05) is 12.4 Å². The van der Waals surface area contributed by atoms with Gasteiger partial charge in [-0.2, -0.15) is 12.6 Å². The molecule has 0 aliphatic carbocycles. The molecule has 1 atom stereocenters. The quantitative estimate of drug-likeness (QED) is 0.464. The fourth-order valence-electron chi connectivity index (χ4n) is 1.51. The first-order chi connectivity index (χ1) is 8.56. The molecule has 4 nitrogen and oxygen atoms in total. The normalized spacial score (nSPS) is 12.2. The highest BCUT2D eigenvalue weighted by atomic mass is 79.9. The van der Waals surface area contributed by atoms with E-state index in [4.69, 9.17) is 4.74 Å². The summed E-state index contributed by atoms with van der Waals surface area (Å²) < 4.78 is 6.14. The van der Waals surface area contributed by atoms with Gasteiger partial charge in [-0.1, -0.05) is 13.0 Å². The summed E-state index contributed by atoms with van der Waals surface area (Å²) in [5.41, 5.74) is -0.00813. The van der Waals surface area contributed by atoms with Crippen molar-refractivity contribution in [1.82, 2.24) is 0 Å². The molecule has 0 fully saturated rings. The minimum atomic E-state index is -0.433. The lowest BCUT2D eigenvalue weighted by atomic mass is 10.1. The summed E-state index contributed by atoms with van der Waals surface area (Å²) in [5.74, 6) is 1.65. The molecule has 0 saturated carbocycles. The van der Waals surface area contributed by atoms with Crippen LogP contribution in [0.15, 0.2) is 22.7 Å². The molecule has 0 saturated heterocycles. The fraction of sp³-hybridized carbons (Fsp3) is 0.500. The maximum absolute atomic E-state index is 10.9. The second-order valence-corrected chi connectivity index (χ2v) is 5.40. The Hall–Kier alpha value is -0.750. The number of thiol groups is 1. The number of benzene rings is 1. The van der Waals surface area contributed by atoms with Crippen LogP contribution in [0.25, 0.3) is 0 Å². The van der Waals surface area contributed by atoms with Gasteiger partial charge in [-0.05, 0) is 46.5 Å². The fourth-order valence-corrected chi connectivity index (χ4v) is 2.42. The van der Waals surface area contributed by atoms with E-state index >= 15 is 0 Å². The lowest BCUT2D eigenvalue weighted by Gasteiger charge is -2.12. The average Bonchev–Trinajstić information content (AvgIpc) is 2.31. The number of rotatable bonds is 7. The largest absolute Gasteiger partial charge is 0.486 e. The van der Waals surface area contributed by atoms with Gasteiger partial charge in [0.25, 0.3) is 0 Å². The van der Waals surface area contributed by atoms with Gasteiger partial charge in [0.1, 0.15) is 0 Å². The maximum atomic E-state index is 10.9. The number of nitro groups is 1. The second-order valence-electron chi connectivity index (χ2n) is 4.10. The number of hydrogen-bond donors (Lipinski definition) is 1. The molecule has 0 radical (unpaired) electrons. The van der Waals surface area contributed by atoms with Crippen molar-refractivity contribution in [2.45, 2.75) is 19.8 Å². The van der Waals surface area contributed by atoms with Crippen LogP contribution in [0.5, 0.6) is 5.75 Å². The van der Waals surface area contributed by atoms with Crippen LogP contribution < -0.4 is 4.74 Å². The van der Waals surface area contributed by atoms with Gasteiger partial charge in [0.05, 0.1) is 16.0 Å². The highest BCUT2D eigenvalue weighted by Crippen LogP contribution is 2.34. The van der Waals surface area contributed by atoms with Gasteiger partial charge in [-0.25, -0.2) is 0 Å². The second kappa shape index (κ2) is 7.63. The maximum Gasteiger partial charge on any atom is 0.312 e. The summed E-state index contributed by atoms with van der Waals surface area (Å²) in [6.45, 7) is 2.59. The van der Waals surface area contributed by atoms with E-state index in [1.165, 1.54) is 6.07 Å². The van der Waals surface area contributed by atoms with Crippen LogP contribution in [0.4, 0.5) is 5.69 Å². The zero-order chi connectivity index (χ0) is 13.5. The first kappa shape index (κ1) is 15.3. The highest BCUT2D eigenvalue weighted by molar-refractivity contribution is 9.10. The molecule has 1 aromatic rings. The van der Waals surface area contributed by atoms with E-state index in [1.54, 1.807) is 12.1 Å². The van der Waals surface area contributed by atoms with Crippen molar-refractivity contribution in [1.29, 1.82) is 0 Å². The van der Waals surface area contributed by atoms with Gasteiger partial charge in [0.15, 0.2) is 0 Å². The Morgan fingerprint density at radius 2 is 2.22 bits per heavy atom. The van der Waals surface area contributed by atoms with Crippen LogP contribution in [0.3, 0.4) is 0 Å². The number of ether oxygens (including phenoxy) is 1. The molecule has 1 rings (SSSR count). The minimum Gasteiger partial charge on any atom is -0.486 e. The first-order valence-corrected chi connectivity index (χ1v) is 7.15. The third kappa shape index (κ3) is 4.49. The number of nitro benzene ring substituents is 1. The van der Waals surface area contributed by atoms with Gasteiger partial charge in [-0.15, -0.1) is 0 Å². The summed E-state index contributed by atoms with van der Waals surface area (Å²) in [4.78, 5) is 10.4. The molecule has 0 amide bonds. The molecule has 0 heterocycles. The van der Waals surface area contributed by atoms with Crippen molar-refractivity contribution in [3.8, 4) is 5.75 Å². The van der Waals surface area contributed by atoms with E-state index < -0.39 is 4.92 Å². The molecule has 0 aromatic heterocycles. The van der Waals surface area contributed by atoms with E-state index in [0.29, 0.717) is 22.7 Å². The van der Waals surface area contributed by atoms with Crippen LogP contribution in [-0.4, -0.2) is 17.3 Å². The van der Waals surface area contributed by atoms with E-state index in [-0.39, 0.29) is 5.69 Å². The number of nitrogens with zero attached hydrogens (tertiary/aromatic N) is 1. The van der Waals surface area contributed by atoms with E-state index in [2.05, 4.69) is 35.5 Å². The van der Waals surface area contributed by atoms with Crippen LogP contribution in [0, 0.1) is 16.0 Å². The molecule has 0 spiro atoms. The van der Waals surface area contributed by atoms with Gasteiger partial charge in [-0.3, -0.25) is 10.1 Å². The molecule has 0 aliphatic rings. The molecule has 0 aliphatic heterocycles. The summed E-state index contributed by atoms with van der Waals surface area (Å²) in [6, 6.07) is 4.80. The zero-order valence-corrected chi connectivity index (χ0v) is 12.6. The first-order valence-electron chi connectivity index (χ1n) is 5.72. The van der Waals surface area contributed by atoms with Crippen molar-refractivity contribution >= 4 is 34.2 Å². The van der Waals surface area contributed by atoms with E-state index in [0.717, 1.165) is 18.6 Å². The van der Waals surface area contributed by atoms with E-state index in [1.807, 2.05) is 0 Å². The highest BCUT2D eigenvalue weighted by Gasteiger charge is 2.17. The summed E-state index contributed by atoms with van der Waals surface area (Å²) in [6.07, 6.45) is 1.88. The van der Waals surface area contributed by atoms with Gasteiger partial charge < -0.3 is 4.74 Å². The molecule has 18 heavy (non-hydrogen) atoms. The Morgan fingerprint density at radius 1 is 1.50 bits per heavy atom. The van der Waals surface area contributed by atoms with E-state index in [9.17, 15) is 10.1 Å². The summed E-state index contributed by atoms with van der Waals surface area (Å²) in [5, 5.41) is 10.9. The monoisotopic (exact) mass is 333 g/mol. The lowest BCUT2D eigenvalue weighted by Crippen LogP contribution is -2.06. The van der Waals surface area contributed by atoms with Crippen molar-refractivity contribution in [3.63, 3.8) is 0 Å². The molecule has 0 bridgehead atoms. The van der Waals surface area contributed by atoms with Crippen molar-refractivity contribution in [3.05, 3.63) is 32.8 Å². The Bertz CT molecular complexity index is 414. The number of hydrogen-bond acceptors (Lipinski definition) is 4. The van der Waals surface area contributed by atoms with Crippen molar-refractivity contribution < 1.29 is 9.66 Å². The predicted octanol–water partition coefficient (Wildman–Crippen LogP) is 4.08. The number of halogens is 1. The summed E-state index contributed by atoms with van der Waals surface area (Å²) >= 11 is 7.45. The molecule has 1 unspecified atom stereocenters. The Labute approximate surface area is 120 Å². The Balaban J connectivity index is 2.64. The smallest absolute Gasteiger partial charge is 0.312 e. The van der Waals surface area contributed by atoms with Crippen LogP contribution in [0.1, 0.15) is 19.8 Å². The van der Waals surface area contributed by atoms with Crippen molar-refractivity contribution in [2.24, 2.45) is 5.92 Å². The van der Waals surface area contributed by atoms with Crippen LogP contribution in [0.2, 0.25) is 0 Å². The Morgan fingerprint density at radius 3 is 2.83 bits per heavy atom. The van der Waals surface area contributed by atoms with Gasteiger partial charge in [0, 0.05) is 6.07 Å². The molecule has 1 aromatic carbocycles. The topological polar surface area (TPSA) is 52.4 Å². The summed E-state index contributed by atoms with van der Waals surface area (Å²) in [7, 11) is 0. The Kier molecular flexibility index (Phi) is 6.49. The molecule has 0 N–H and O–H groups in total. The number of para-hydroxylation sites is 1. The molecule has 100 valence electrons. The van der Waals surface area contributed by atoms with Crippen LogP contribution in [-0.2, 0) is 0 Å². The SMILES string of the molecule is CC(CCS)CCOc1c(Br)cccc1[N+](=O)[O-]. The van der Waals surface area contributed by atoms with Gasteiger partial charge in [0.2, 0.25) is 5.75 Å². The zero-order valence-electron chi connectivity index (χ0n) is 10.1. The molecular weight excluding hydrogens is 318 g/mol. The predicted molar refractivity (Wildman–Crippen MR) is 78.5 cm³/mol.